The molecule has 0 radical (unpaired) electrons. The summed E-state index contributed by atoms with van der Waals surface area (Å²) in [5.74, 6) is 0.849. The number of anilines is 1. The highest BCUT2D eigenvalue weighted by Gasteiger charge is 2.31. The molecule has 5 nitrogen and oxygen atoms in total. The lowest BCUT2D eigenvalue weighted by Gasteiger charge is -2.38. The Balaban J connectivity index is 1.72. The summed E-state index contributed by atoms with van der Waals surface area (Å²) in [6.45, 7) is 8.28. The summed E-state index contributed by atoms with van der Waals surface area (Å²) in [5.41, 5.74) is 0.679. The van der Waals surface area contributed by atoms with Gasteiger partial charge in [0.1, 0.15) is 11.9 Å². The number of nitriles is 1. The van der Waals surface area contributed by atoms with Crippen LogP contribution >= 0.6 is 0 Å². The predicted molar refractivity (Wildman–Crippen MR) is 85.8 cm³/mol. The van der Waals surface area contributed by atoms with Crippen molar-refractivity contribution in [3.63, 3.8) is 0 Å². The predicted octanol–water partition coefficient (Wildman–Crippen LogP) is 2.03. The number of rotatable bonds is 3. The number of pyridine rings is 1. The van der Waals surface area contributed by atoms with Crippen LogP contribution in [-0.4, -0.2) is 54.3 Å². The molecule has 0 saturated carbocycles. The molecule has 2 aliphatic rings. The minimum absolute atomic E-state index is 0.295. The Kier molecular flexibility index (Phi) is 4.60. The Bertz CT molecular complexity index is 546. The molecule has 0 bridgehead atoms. The molecule has 22 heavy (non-hydrogen) atoms. The van der Waals surface area contributed by atoms with Crippen LogP contribution in [0.15, 0.2) is 18.3 Å². The fraction of sp³-hybridized carbons (Fsp3) is 0.647. The zero-order valence-corrected chi connectivity index (χ0v) is 13.4. The molecule has 3 unspecified atom stereocenters. The Morgan fingerprint density at radius 1 is 1.36 bits per heavy atom. The van der Waals surface area contributed by atoms with Gasteiger partial charge >= 0.3 is 0 Å². The third-order valence-corrected chi connectivity index (χ3v) is 4.52. The Morgan fingerprint density at radius 3 is 2.86 bits per heavy atom. The summed E-state index contributed by atoms with van der Waals surface area (Å²) >= 11 is 0. The van der Waals surface area contributed by atoms with E-state index in [9.17, 15) is 5.26 Å². The summed E-state index contributed by atoms with van der Waals surface area (Å²) in [4.78, 5) is 9.28. The first-order chi connectivity index (χ1) is 10.7. The highest BCUT2D eigenvalue weighted by atomic mass is 16.5. The van der Waals surface area contributed by atoms with Crippen molar-refractivity contribution in [2.45, 2.75) is 44.9 Å². The molecule has 3 rings (SSSR count). The van der Waals surface area contributed by atoms with Gasteiger partial charge in [0.05, 0.1) is 17.8 Å². The first kappa shape index (κ1) is 15.3. The molecule has 2 aliphatic heterocycles. The Morgan fingerprint density at radius 2 is 2.14 bits per heavy atom. The zero-order valence-electron chi connectivity index (χ0n) is 13.4. The third kappa shape index (κ3) is 3.23. The van der Waals surface area contributed by atoms with Gasteiger partial charge in [0.2, 0.25) is 0 Å². The maximum absolute atomic E-state index is 9.31. The molecule has 3 heterocycles. The lowest BCUT2D eigenvalue weighted by Crippen LogP contribution is -2.50. The average Bonchev–Trinajstić information content (AvgIpc) is 2.94. The second-order valence-corrected chi connectivity index (χ2v) is 6.45. The van der Waals surface area contributed by atoms with Gasteiger partial charge in [-0.15, -0.1) is 0 Å². The van der Waals surface area contributed by atoms with Gasteiger partial charge in [-0.25, -0.2) is 4.98 Å². The molecule has 2 saturated heterocycles. The fourth-order valence-electron chi connectivity index (χ4n) is 3.75. The molecule has 1 aromatic heterocycles. The van der Waals surface area contributed by atoms with Crippen LogP contribution < -0.4 is 4.90 Å². The molecular weight excluding hydrogens is 276 g/mol. The van der Waals surface area contributed by atoms with E-state index in [1.165, 1.54) is 12.8 Å². The van der Waals surface area contributed by atoms with Gasteiger partial charge in [-0.05, 0) is 38.8 Å². The second kappa shape index (κ2) is 6.64. The van der Waals surface area contributed by atoms with E-state index in [1.807, 2.05) is 12.1 Å². The molecule has 118 valence electrons. The van der Waals surface area contributed by atoms with Crippen LogP contribution in [0.25, 0.3) is 0 Å². The molecule has 3 atom stereocenters. The third-order valence-electron chi connectivity index (χ3n) is 4.52. The Labute approximate surface area is 132 Å². The maximum Gasteiger partial charge on any atom is 0.146 e. The van der Waals surface area contributed by atoms with Gasteiger partial charge in [-0.1, -0.05) is 0 Å². The molecule has 0 aliphatic carbocycles. The number of ether oxygens (including phenoxy) is 1. The van der Waals surface area contributed by atoms with Crippen molar-refractivity contribution in [1.82, 2.24) is 9.88 Å². The molecule has 0 N–H and O–H groups in total. The van der Waals surface area contributed by atoms with E-state index in [0.29, 0.717) is 23.8 Å². The van der Waals surface area contributed by atoms with E-state index in [0.717, 1.165) is 32.0 Å². The lowest BCUT2D eigenvalue weighted by atomic mass is 10.1. The zero-order chi connectivity index (χ0) is 15.5. The number of hydrogen-bond acceptors (Lipinski definition) is 5. The number of morpholine rings is 1. The van der Waals surface area contributed by atoms with Gasteiger partial charge < -0.3 is 9.64 Å². The molecular formula is C17H24N4O. The number of hydrogen-bond donors (Lipinski definition) is 0. The molecule has 0 aromatic carbocycles. The van der Waals surface area contributed by atoms with Crippen LogP contribution in [0, 0.1) is 11.3 Å². The Hall–Kier alpha value is -1.64. The topological polar surface area (TPSA) is 52.4 Å². The normalized spacial score (nSPS) is 29.5. The fourth-order valence-corrected chi connectivity index (χ4v) is 3.75. The van der Waals surface area contributed by atoms with Crippen molar-refractivity contribution >= 4 is 5.82 Å². The molecule has 0 spiro atoms. The van der Waals surface area contributed by atoms with Crippen LogP contribution in [0.3, 0.4) is 0 Å². The molecule has 5 heteroatoms. The SMILES string of the molecule is CC1CN(CC2CCCN2c2ncccc2C#N)CC(C)O1. The van der Waals surface area contributed by atoms with E-state index in [4.69, 9.17) is 4.74 Å². The van der Waals surface area contributed by atoms with Gasteiger partial charge in [0.15, 0.2) is 0 Å². The molecule has 0 amide bonds. The highest BCUT2D eigenvalue weighted by molar-refractivity contribution is 5.54. The number of nitrogens with zero attached hydrogens (tertiary/aromatic N) is 4. The van der Waals surface area contributed by atoms with Crippen LogP contribution in [0.5, 0.6) is 0 Å². The minimum atomic E-state index is 0.295. The van der Waals surface area contributed by atoms with Crippen molar-refractivity contribution in [1.29, 1.82) is 5.26 Å². The van der Waals surface area contributed by atoms with Gasteiger partial charge in [0.25, 0.3) is 0 Å². The smallest absolute Gasteiger partial charge is 0.146 e. The first-order valence-electron chi connectivity index (χ1n) is 8.17. The molecule has 1 aromatic rings. The van der Waals surface area contributed by atoms with Crippen LogP contribution in [0.4, 0.5) is 5.82 Å². The second-order valence-electron chi connectivity index (χ2n) is 6.45. The lowest BCUT2D eigenvalue weighted by molar-refractivity contribution is -0.0689. The van der Waals surface area contributed by atoms with E-state index in [1.54, 1.807) is 6.20 Å². The van der Waals surface area contributed by atoms with Crippen molar-refractivity contribution in [2.75, 3.05) is 31.1 Å². The summed E-state index contributed by atoms with van der Waals surface area (Å²) in [7, 11) is 0. The van der Waals surface area contributed by atoms with Gasteiger partial charge in [-0.2, -0.15) is 5.26 Å². The summed E-state index contributed by atoms with van der Waals surface area (Å²) in [6.07, 6.45) is 4.71. The quantitative estimate of drug-likeness (QED) is 0.855. The van der Waals surface area contributed by atoms with Crippen molar-refractivity contribution in [3.8, 4) is 6.07 Å². The van der Waals surface area contributed by atoms with E-state index in [2.05, 4.69) is 34.7 Å². The summed E-state index contributed by atoms with van der Waals surface area (Å²) in [5, 5.41) is 9.31. The van der Waals surface area contributed by atoms with E-state index < -0.39 is 0 Å². The van der Waals surface area contributed by atoms with Gasteiger partial charge in [0, 0.05) is 38.4 Å². The standard InChI is InChI=1S/C17H24N4O/c1-13-10-20(11-14(2)22-13)12-16-6-4-8-21(16)17-15(9-18)5-3-7-19-17/h3,5,7,13-14,16H,4,6,8,10-12H2,1-2H3. The van der Waals surface area contributed by atoms with Crippen LogP contribution in [0.2, 0.25) is 0 Å². The minimum Gasteiger partial charge on any atom is -0.373 e. The highest BCUT2D eigenvalue weighted by Crippen LogP contribution is 2.27. The van der Waals surface area contributed by atoms with Crippen molar-refractivity contribution < 1.29 is 4.74 Å². The van der Waals surface area contributed by atoms with Gasteiger partial charge in [-0.3, -0.25) is 4.90 Å². The van der Waals surface area contributed by atoms with Crippen molar-refractivity contribution in [2.24, 2.45) is 0 Å². The van der Waals surface area contributed by atoms with Crippen LogP contribution in [0.1, 0.15) is 32.3 Å². The summed E-state index contributed by atoms with van der Waals surface area (Å²) in [6, 6.07) is 6.41. The van der Waals surface area contributed by atoms with E-state index in [-0.39, 0.29) is 0 Å². The average molecular weight is 300 g/mol. The first-order valence-corrected chi connectivity index (χ1v) is 8.17. The monoisotopic (exact) mass is 300 g/mol. The van der Waals surface area contributed by atoms with Crippen LogP contribution in [-0.2, 0) is 4.74 Å². The number of aromatic nitrogens is 1. The largest absolute Gasteiger partial charge is 0.373 e. The van der Waals surface area contributed by atoms with Crippen molar-refractivity contribution in [3.05, 3.63) is 23.9 Å². The van der Waals surface area contributed by atoms with E-state index >= 15 is 0 Å². The molecule has 2 fully saturated rings. The summed E-state index contributed by atoms with van der Waals surface area (Å²) < 4.78 is 5.82. The maximum atomic E-state index is 9.31.